The van der Waals surface area contributed by atoms with Gasteiger partial charge in [0.2, 0.25) is 0 Å². The van der Waals surface area contributed by atoms with E-state index in [0.29, 0.717) is 0 Å². The zero-order valence-corrected chi connectivity index (χ0v) is 30.3. The Morgan fingerprint density at radius 1 is 0.382 bits per heavy atom. The molecule has 0 aliphatic rings. The predicted octanol–water partition coefficient (Wildman–Crippen LogP) is 13.6. The van der Waals surface area contributed by atoms with Crippen molar-refractivity contribution in [2.75, 3.05) is 4.90 Å². The Balaban J connectivity index is 1.12. The van der Waals surface area contributed by atoms with E-state index in [9.17, 15) is 0 Å². The van der Waals surface area contributed by atoms with E-state index in [2.05, 4.69) is 226 Å². The molecule has 0 amide bonds. The lowest BCUT2D eigenvalue weighted by Gasteiger charge is -2.26. The summed E-state index contributed by atoms with van der Waals surface area (Å²) >= 11 is 0. The van der Waals surface area contributed by atoms with Crippen LogP contribution in [0.1, 0.15) is 5.56 Å². The van der Waals surface area contributed by atoms with Gasteiger partial charge in [0.1, 0.15) is 0 Å². The molecule has 0 fully saturated rings. The minimum atomic E-state index is 1.09. The highest BCUT2D eigenvalue weighted by Gasteiger charge is 2.20. The van der Waals surface area contributed by atoms with Crippen LogP contribution in [0, 0.1) is 6.92 Å². The van der Waals surface area contributed by atoms with Crippen LogP contribution in [0.3, 0.4) is 0 Å². The molecule has 11 rings (SSSR count). The van der Waals surface area contributed by atoms with Crippen LogP contribution < -0.4 is 4.90 Å². The summed E-state index contributed by atoms with van der Waals surface area (Å²) in [6.45, 7) is 2.14. The van der Waals surface area contributed by atoms with Crippen LogP contribution in [-0.4, -0.2) is 13.7 Å². The van der Waals surface area contributed by atoms with Gasteiger partial charge in [0.15, 0.2) is 0 Å². The van der Waals surface area contributed by atoms with Crippen molar-refractivity contribution in [3.63, 3.8) is 0 Å². The molecule has 0 aliphatic heterocycles. The van der Waals surface area contributed by atoms with E-state index in [1.807, 2.05) is 0 Å². The van der Waals surface area contributed by atoms with Gasteiger partial charge in [-0.2, -0.15) is 0 Å². The molecule has 0 atom stereocenters. The minimum absolute atomic E-state index is 1.09. The quantitative estimate of drug-likeness (QED) is 0.168. The van der Waals surface area contributed by atoms with Gasteiger partial charge >= 0.3 is 0 Å². The molecule has 4 heteroatoms. The number of hydrogen-bond acceptors (Lipinski definition) is 1. The molecule has 0 aliphatic carbocycles. The molecule has 3 aromatic heterocycles. The molecule has 55 heavy (non-hydrogen) atoms. The van der Waals surface area contributed by atoms with E-state index in [1.165, 1.54) is 60.1 Å². The van der Waals surface area contributed by atoms with Crippen molar-refractivity contribution < 1.29 is 0 Å². The molecule has 0 spiro atoms. The average molecular weight is 705 g/mol. The first kappa shape index (κ1) is 31.2. The predicted molar refractivity (Wildman–Crippen MR) is 231 cm³/mol. The van der Waals surface area contributed by atoms with Gasteiger partial charge in [-0.1, -0.05) is 103 Å². The summed E-state index contributed by atoms with van der Waals surface area (Å²) in [4.78, 5) is 2.38. The average Bonchev–Trinajstić information content (AvgIpc) is 3.92. The van der Waals surface area contributed by atoms with Gasteiger partial charge in [0.25, 0.3) is 0 Å². The lowest BCUT2D eigenvalue weighted by molar-refractivity contribution is 1.13. The fourth-order valence-corrected chi connectivity index (χ4v) is 8.63. The molecule has 11 aromatic rings. The van der Waals surface area contributed by atoms with Crippen LogP contribution in [0.5, 0.6) is 0 Å². The van der Waals surface area contributed by atoms with E-state index in [1.54, 1.807) is 0 Å². The van der Waals surface area contributed by atoms with Crippen molar-refractivity contribution in [2.45, 2.75) is 6.92 Å². The fourth-order valence-electron chi connectivity index (χ4n) is 8.63. The van der Waals surface area contributed by atoms with Crippen LogP contribution in [0.15, 0.2) is 200 Å². The van der Waals surface area contributed by atoms with Gasteiger partial charge in [0, 0.05) is 67.3 Å². The van der Waals surface area contributed by atoms with E-state index in [0.717, 1.165) is 34.1 Å². The van der Waals surface area contributed by atoms with E-state index >= 15 is 0 Å². The molecule has 4 nitrogen and oxygen atoms in total. The number of aryl methyl sites for hydroxylation is 1. The Morgan fingerprint density at radius 2 is 0.982 bits per heavy atom. The van der Waals surface area contributed by atoms with Crippen LogP contribution in [0.2, 0.25) is 0 Å². The standard InChI is InChI=1S/C51H36N4/c1-35-23-26-39(27-24-35)54-46-21-10-8-19-43(46)45-34-42(28-30-48(45)54)53(38-15-6-3-7-16-38)40-17-12-18-41(33-40)55-47-22-11-9-20-44(47)50-49(55)29-25-36-31-32-52(51(36)50)37-13-4-2-5-14-37/h2-34H,1H3. The third-order valence-electron chi connectivity index (χ3n) is 11.1. The monoisotopic (exact) mass is 704 g/mol. The maximum atomic E-state index is 2.43. The number of fused-ring (bicyclic) bond motifs is 8. The van der Waals surface area contributed by atoms with Gasteiger partial charge in [0.05, 0.1) is 27.6 Å². The molecule has 0 saturated heterocycles. The molecule has 0 saturated carbocycles. The van der Waals surface area contributed by atoms with Crippen molar-refractivity contribution >= 4 is 71.6 Å². The number of anilines is 3. The van der Waals surface area contributed by atoms with Gasteiger partial charge < -0.3 is 18.6 Å². The highest BCUT2D eigenvalue weighted by atomic mass is 15.1. The molecule has 8 aromatic carbocycles. The van der Waals surface area contributed by atoms with Gasteiger partial charge in [-0.3, -0.25) is 0 Å². The van der Waals surface area contributed by atoms with Crippen LogP contribution in [0.25, 0.3) is 71.6 Å². The number of nitrogens with zero attached hydrogens (tertiary/aromatic N) is 4. The van der Waals surface area contributed by atoms with Gasteiger partial charge in [-0.25, -0.2) is 0 Å². The highest BCUT2D eigenvalue weighted by Crippen LogP contribution is 2.42. The first-order chi connectivity index (χ1) is 27.2. The summed E-state index contributed by atoms with van der Waals surface area (Å²) in [5.74, 6) is 0. The lowest BCUT2D eigenvalue weighted by atomic mass is 10.1. The lowest BCUT2D eigenvalue weighted by Crippen LogP contribution is -2.10. The summed E-state index contributed by atoms with van der Waals surface area (Å²) in [5, 5.41) is 6.17. The zero-order chi connectivity index (χ0) is 36.5. The second kappa shape index (κ2) is 12.4. The molecular weight excluding hydrogens is 669 g/mol. The third kappa shape index (κ3) is 4.92. The molecule has 260 valence electrons. The highest BCUT2D eigenvalue weighted by molar-refractivity contribution is 6.21. The minimum Gasteiger partial charge on any atom is -0.316 e. The second-order valence-electron chi connectivity index (χ2n) is 14.4. The number of benzene rings is 8. The summed E-state index contributed by atoms with van der Waals surface area (Å²) in [5.41, 5.74) is 13.9. The molecule has 0 N–H and O–H groups in total. The molecule has 0 bridgehead atoms. The molecule has 0 unspecified atom stereocenters. The second-order valence-corrected chi connectivity index (χ2v) is 14.4. The first-order valence-corrected chi connectivity index (χ1v) is 18.9. The van der Waals surface area contributed by atoms with Crippen molar-refractivity contribution in [3.8, 4) is 17.1 Å². The zero-order valence-electron chi connectivity index (χ0n) is 30.3. The van der Waals surface area contributed by atoms with E-state index < -0.39 is 0 Å². The summed E-state index contributed by atoms with van der Waals surface area (Å²) in [6, 6.07) is 70.4. The smallest absolute Gasteiger partial charge is 0.0628 e. The van der Waals surface area contributed by atoms with Crippen LogP contribution >= 0.6 is 0 Å². The van der Waals surface area contributed by atoms with Crippen molar-refractivity contribution in [3.05, 3.63) is 206 Å². The normalized spacial score (nSPS) is 11.7. The summed E-state index contributed by atoms with van der Waals surface area (Å²) in [7, 11) is 0. The number of aromatic nitrogens is 3. The topological polar surface area (TPSA) is 18.0 Å². The fraction of sp³-hybridized carbons (Fsp3) is 0.0196. The Hall–Kier alpha value is -7.30. The largest absolute Gasteiger partial charge is 0.316 e. The maximum absolute atomic E-state index is 2.43. The van der Waals surface area contributed by atoms with Crippen LogP contribution in [-0.2, 0) is 0 Å². The summed E-state index contributed by atoms with van der Waals surface area (Å²) in [6.07, 6.45) is 2.19. The Kier molecular flexibility index (Phi) is 7.04. The van der Waals surface area contributed by atoms with Crippen LogP contribution in [0.4, 0.5) is 17.1 Å². The van der Waals surface area contributed by atoms with E-state index in [-0.39, 0.29) is 0 Å². The number of rotatable bonds is 6. The maximum Gasteiger partial charge on any atom is 0.0628 e. The van der Waals surface area contributed by atoms with E-state index in [4.69, 9.17) is 0 Å². The number of hydrogen-bond donors (Lipinski definition) is 0. The Bertz CT molecular complexity index is 3200. The van der Waals surface area contributed by atoms with Crippen molar-refractivity contribution in [1.82, 2.24) is 13.7 Å². The molecule has 0 radical (unpaired) electrons. The third-order valence-corrected chi connectivity index (χ3v) is 11.1. The SMILES string of the molecule is Cc1ccc(-n2c3ccccc3c3cc(N(c4ccccc4)c4cccc(-n5c6ccccc6c6c7c(ccc65)ccn7-c5ccccc5)c4)ccc32)cc1. The molecule has 3 heterocycles. The van der Waals surface area contributed by atoms with Crippen molar-refractivity contribution in [1.29, 1.82) is 0 Å². The van der Waals surface area contributed by atoms with Gasteiger partial charge in [-0.05, 0) is 104 Å². The molecular formula is C51H36N4. The van der Waals surface area contributed by atoms with Gasteiger partial charge in [-0.15, -0.1) is 0 Å². The Labute approximate surface area is 319 Å². The first-order valence-electron chi connectivity index (χ1n) is 18.9. The Morgan fingerprint density at radius 3 is 1.78 bits per heavy atom. The van der Waals surface area contributed by atoms with Crippen molar-refractivity contribution in [2.24, 2.45) is 0 Å². The number of para-hydroxylation sites is 4. The summed E-state index contributed by atoms with van der Waals surface area (Å²) < 4.78 is 7.14.